The van der Waals surface area contributed by atoms with Gasteiger partial charge in [-0.2, -0.15) is 0 Å². The molecule has 17 heteroatoms. The van der Waals surface area contributed by atoms with Crippen LogP contribution in [0.4, 0.5) is 20.8 Å². The van der Waals surface area contributed by atoms with Gasteiger partial charge in [-0.15, -0.1) is 0 Å². The van der Waals surface area contributed by atoms with Gasteiger partial charge in [0.15, 0.2) is 11.4 Å². The van der Waals surface area contributed by atoms with Crippen LogP contribution in [0, 0.1) is 11.7 Å². The lowest BCUT2D eigenvalue weighted by Crippen LogP contribution is -2.47. The number of cyclic esters (lactones) is 1. The molecule has 4 amide bonds. The van der Waals surface area contributed by atoms with Crippen LogP contribution in [0.5, 0.6) is 0 Å². The van der Waals surface area contributed by atoms with Crippen molar-refractivity contribution in [1.82, 2.24) is 35.0 Å². The number of ether oxygens (including phenoxy) is 1. The average Bonchev–Trinajstić information content (AvgIpc) is 3.84. The lowest BCUT2D eigenvalue weighted by atomic mass is 9.88. The summed E-state index contributed by atoms with van der Waals surface area (Å²) in [5, 5.41) is 8.96. The van der Waals surface area contributed by atoms with E-state index in [1.54, 1.807) is 24.3 Å². The van der Waals surface area contributed by atoms with Gasteiger partial charge in [-0.05, 0) is 126 Å². The van der Waals surface area contributed by atoms with Gasteiger partial charge in [0.1, 0.15) is 18.3 Å². The van der Waals surface area contributed by atoms with Crippen LogP contribution >= 0.6 is 0 Å². The van der Waals surface area contributed by atoms with Gasteiger partial charge in [0, 0.05) is 36.3 Å². The molecule has 0 spiro atoms. The molecule has 1 atom stereocenters. The molecule has 0 radical (unpaired) electrons. The largest absolute Gasteiger partial charge is 0.447 e. The molecular formula is C44H52FN9O7. The number of hydrogen-bond acceptors (Lipinski definition) is 12. The first-order chi connectivity index (χ1) is 29.6. The van der Waals surface area contributed by atoms with E-state index in [9.17, 15) is 28.4 Å². The van der Waals surface area contributed by atoms with Crippen molar-refractivity contribution >= 4 is 46.6 Å². The number of anilines is 2. The molecule has 5 aliphatic rings. The average molecular weight is 838 g/mol. The van der Waals surface area contributed by atoms with Gasteiger partial charge in [0.25, 0.3) is 0 Å². The molecule has 3 N–H and O–H groups in total. The fraction of sp³-hybridized carbons (Fsp3) is 0.523. The van der Waals surface area contributed by atoms with Crippen LogP contribution in [-0.2, 0) is 19.1 Å². The smallest absolute Gasteiger partial charge is 0.420 e. The number of halogens is 1. The van der Waals surface area contributed by atoms with Crippen LogP contribution < -0.4 is 26.6 Å². The number of piperidine rings is 3. The van der Waals surface area contributed by atoms with Gasteiger partial charge >= 0.3 is 11.8 Å². The molecule has 4 aromatic rings. The Morgan fingerprint density at radius 2 is 1.64 bits per heavy atom. The minimum absolute atomic E-state index is 0.0675. The molecule has 1 saturated carbocycles. The number of aromatic nitrogens is 3. The Kier molecular flexibility index (Phi) is 11.8. The number of hydrogen-bond donors (Lipinski definition) is 3. The summed E-state index contributed by atoms with van der Waals surface area (Å²) in [6.07, 6.45) is 8.66. The Morgan fingerprint density at radius 3 is 2.39 bits per heavy atom. The third-order valence-corrected chi connectivity index (χ3v) is 13.2. The summed E-state index contributed by atoms with van der Waals surface area (Å²) >= 11 is 0. The monoisotopic (exact) mass is 837 g/mol. The molecule has 1 aliphatic carbocycles. The second-order valence-electron chi connectivity index (χ2n) is 17.2. The highest BCUT2D eigenvalue weighted by Gasteiger charge is 2.33. The summed E-state index contributed by atoms with van der Waals surface area (Å²) in [5.41, 5.74) is 3.50. The molecule has 2 aromatic carbocycles. The number of fused-ring (bicyclic) bond motifs is 1. The summed E-state index contributed by atoms with van der Waals surface area (Å²) in [6.45, 7) is 6.02. The van der Waals surface area contributed by atoms with Crippen molar-refractivity contribution in [2.75, 3.05) is 62.6 Å². The van der Waals surface area contributed by atoms with Crippen LogP contribution in [0.1, 0.15) is 81.7 Å². The molecule has 0 bridgehead atoms. The number of nitrogens with one attached hydrogen (secondary N) is 3. The fourth-order valence-electron chi connectivity index (χ4n) is 9.80. The summed E-state index contributed by atoms with van der Waals surface area (Å²) < 4.78 is 26.9. The Bertz CT molecular complexity index is 2340. The lowest BCUT2D eigenvalue weighted by molar-refractivity contribution is -0.135. The maximum atomic E-state index is 14.9. The maximum Gasteiger partial charge on any atom is 0.420 e. The second kappa shape index (κ2) is 17.7. The summed E-state index contributed by atoms with van der Waals surface area (Å²) in [5.74, 6) is -0.564. The highest BCUT2D eigenvalue weighted by molar-refractivity contribution is 6.00. The van der Waals surface area contributed by atoms with Crippen molar-refractivity contribution in [2.45, 2.75) is 88.3 Å². The van der Waals surface area contributed by atoms with Crippen molar-refractivity contribution in [1.29, 1.82) is 0 Å². The first-order valence-electron chi connectivity index (χ1n) is 21.7. The van der Waals surface area contributed by atoms with E-state index in [0.717, 1.165) is 89.7 Å². The van der Waals surface area contributed by atoms with Crippen LogP contribution in [0.15, 0.2) is 57.9 Å². The zero-order chi connectivity index (χ0) is 42.0. The van der Waals surface area contributed by atoms with E-state index in [1.165, 1.54) is 15.7 Å². The number of oxazole rings is 1. The van der Waals surface area contributed by atoms with Crippen molar-refractivity contribution < 1.29 is 32.7 Å². The standard InChI is InChI=1S/C44H52FN9O7/c45-34-24-46-42(50-40(34)30-2-1-3-33(22-30)53-20-21-60-43(53)58)48-32-7-5-31(6-8-32)47-39(56)26-52-16-12-27(13-17-52)25-51-18-14-28(15-19-51)29-4-9-35-37(23-29)61-44(59)54(35)36-10-11-38(55)49-41(36)57/h1-4,9,22-24,27-28,31-32,36H,5-8,10-21,25-26H2,(H,47,56)(H,46,48,50)(H,49,55,57). The van der Waals surface area contributed by atoms with Crippen LogP contribution in [0.2, 0.25) is 0 Å². The maximum absolute atomic E-state index is 14.9. The first kappa shape index (κ1) is 40.7. The van der Waals surface area contributed by atoms with Gasteiger partial charge in [-0.3, -0.25) is 34.1 Å². The van der Waals surface area contributed by atoms with E-state index in [2.05, 4.69) is 35.7 Å². The molecule has 2 aromatic heterocycles. The van der Waals surface area contributed by atoms with E-state index >= 15 is 0 Å². The number of likely N-dealkylation sites (tertiary alicyclic amines) is 2. The molecule has 4 aliphatic heterocycles. The molecule has 5 fully saturated rings. The van der Waals surface area contributed by atoms with Gasteiger partial charge in [-0.1, -0.05) is 18.2 Å². The topological polar surface area (TPSA) is 184 Å². The lowest BCUT2D eigenvalue weighted by Gasteiger charge is -2.38. The molecule has 322 valence electrons. The van der Waals surface area contributed by atoms with Gasteiger partial charge in [0.05, 0.1) is 24.8 Å². The molecule has 6 heterocycles. The molecule has 1 unspecified atom stereocenters. The number of rotatable bonds is 11. The van der Waals surface area contributed by atoms with E-state index in [1.807, 2.05) is 18.2 Å². The summed E-state index contributed by atoms with van der Waals surface area (Å²) in [6, 6.07) is 12.3. The third-order valence-electron chi connectivity index (χ3n) is 13.2. The molecule has 9 rings (SSSR count). The number of carbonyl (C=O) groups excluding carboxylic acids is 4. The van der Waals surface area contributed by atoms with Crippen LogP contribution in [-0.4, -0.2) is 113 Å². The highest BCUT2D eigenvalue weighted by Crippen LogP contribution is 2.33. The molecule has 16 nitrogen and oxygen atoms in total. The van der Waals surface area contributed by atoms with Crippen molar-refractivity contribution in [3.8, 4) is 11.3 Å². The number of benzene rings is 2. The first-order valence-corrected chi connectivity index (χ1v) is 21.7. The van der Waals surface area contributed by atoms with Crippen molar-refractivity contribution in [3.05, 3.63) is 70.6 Å². The molecular weight excluding hydrogens is 786 g/mol. The number of amides is 4. The quantitative estimate of drug-likeness (QED) is 0.180. The van der Waals surface area contributed by atoms with Crippen molar-refractivity contribution in [2.24, 2.45) is 5.92 Å². The number of carbonyl (C=O) groups is 4. The van der Waals surface area contributed by atoms with Crippen LogP contribution in [0.3, 0.4) is 0 Å². The van der Waals surface area contributed by atoms with E-state index < -0.39 is 29.6 Å². The SMILES string of the molecule is O=C1CCC(n2c(=O)oc3cc(C4CCN(CC5CCN(CC(=O)NC6CCC(Nc7ncc(F)c(-c8cccc(N9CCOC9=O)c8)n7)CC6)CC5)CC4)ccc32)C(=O)N1. The van der Waals surface area contributed by atoms with E-state index in [4.69, 9.17) is 9.15 Å². The van der Waals surface area contributed by atoms with Crippen molar-refractivity contribution in [3.63, 3.8) is 0 Å². The predicted molar refractivity (Wildman–Crippen MR) is 223 cm³/mol. The third kappa shape index (κ3) is 9.17. The van der Waals surface area contributed by atoms with E-state index in [-0.39, 0.29) is 42.4 Å². The van der Waals surface area contributed by atoms with Gasteiger partial charge in [-0.25, -0.2) is 23.9 Å². The summed E-state index contributed by atoms with van der Waals surface area (Å²) in [4.78, 5) is 77.0. The van der Waals surface area contributed by atoms with Gasteiger partial charge in [0.2, 0.25) is 23.7 Å². The Labute approximate surface area is 352 Å². The highest BCUT2D eigenvalue weighted by atomic mass is 19.1. The zero-order valence-electron chi connectivity index (χ0n) is 34.2. The fourth-order valence-corrected chi connectivity index (χ4v) is 9.80. The minimum atomic E-state index is -0.753. The number of nitrogens with zero attached hydrogens (tertiary/aromatic N) is 6. The molecule has 4 saturated heterocycles. The predicted octanol–water partition coefficient (Wildman–Crippen LogP) is 4.56. The molecule has 61 heavy (non-hydrogen) atoms. The zero-order valence-corrected chi connectivity index (χ0v) is 34.2. The Morgan fingerprint density at radius 1 is 0.869 bits per heavy atom. The number of imide groups is 1. The second-order valence-corrected chi connectivity index (χ2v) is 17.2. The summed E-state index contributed by atoms with van der Waals surface area (Å²) in [7, 11) is 0. The Hall–Kier alpha value is -5.68. The minimum Gasteiger partial charge on any atom is -0.447 e. The normalized spacial score (nSPS) is 23.6. The van der Waals surface area contributed by atoms with Gasteiger partial charge < -0.3 is 24.7 Å². The van der Waals surface area contributed by atoms with E-state index in [0.29, 0.717) is 59.8 Å². The van der Waals surface area contributed by atoms with Crippen LogP contribution in [0.25, 0.3) is 22.4 Å². The Balaban J connectivity index is 0.681.